The van der Waals surface area contributed by atoms with Crippen molar-refractivity contribution in [3.63, 3.8) is 0 Å². The first-order valence-corrected chi connectivity index (χ1v) is 8.53. The van der Waals surface area contributed by atoms with Crippen molar-refractivity contribution >= 4 is 17.7 Å². The highest BCUT2D eigenvalue weighted by Gasteiger charge is 2.60. The topological polar surface area (TPSA) is 46.5 Å². The van der Waals surface area contributed by atoms with Gasteiger partial charge in [0.1, 0.15) is 11.5 Å². The predicted molar refractivity (Wildman–Crippen MR) is 86.2 cm³/mol. The number of halogens is 3. The van der Waals surface area contributed by atoms with Crippen LogP contribution in [0.5, 0.6) is 11.5 Å². The maximum Gasteiger partial charge on any atom is 0.416 e. The van der Waals surface area contributed by atoms with Gasteiger partial charge in [0, 0.05) is 16.1 Å². The van der Waals surface area contributed by atoms with Crippen molar-refractivity contribution in [2.75, 3.05) is 0 Å². The second-order valence-corrected chi connectivity index (χ2v) is 7.47. The van der Waals surface area contributed by atoms with E-state index in [1.807, 2.05) is 12.1 Å². The molecule has 130 valence electrons. The summed E-state index contributed by atoms with van der Waals surface area (Å²) in [6, 6.07) is 8.78. The highest BCUT2D eigenvalue weighted by atomic mass is 32.2. The van der Waals surface area contributed by atoms with Gasteiger partial charge in [0.25, 0.3) is 0 Å². The number of hydrogen-bond acceptors (Lipinski definition) is 3. The first-order chi connectivity index (χ1) is 11.8. The molecule has 0 radical (unpaired) electrons. The zero-order chi connectivity index (χ0) is 17.9. The van der Waals surface area contributed by atoms with Gasteiger partial charge in [0.15, 0.2) is 0 Å². The zero-order valence-corrected chi connectivity index (χ0v) is 13.8. The Labute approximate surface area is 145 Å². The van der Waals surface area contributed by atoms with Gasteiger partial charge in [-0.15, -0.1) is 11.8 Å². The van der Waals surface area contributed by atoms with E-state index in [1.54, 1.807) is 13.0 Å². The lowest BCUT2D eigenvalue weighted by molar-refractivity contribution is -0.139. The molecule has 0 bridgehead atoms. The van der Waals surface area contributed by atoms with Gasteiger partial charge in [-0.3, -0.25) is 4.79 Å². The van der Waals surface area contributed by atoms with Crippen LogP contribution in [-0.2, 0) is 11.0 Å². The van der Waals surface area contributed by atoms with Gasteiger partial charge in [0.05, 0.1) is 11.5 Å². The van der Waals surface area contributed by atoms with Crippen molar-refractivity contribution in [3.8, 4) is 11.5 Å². The minimum Gasteiger partial charge on any atom is -0.481 e. The van der Waals surface area contributed by atoms with Crippen LogP contribution in [-0.4, -0.2) is 16.3 Å². The second kappa shape index (κ2) is 5.42. The van der Waals surface area contributed by atoms with Crippen LogP contribution in [0.25, 0.3) is 0 Å². The van der Waals surface area contributed by atoms with Crippen molar-refractivity contribution in [1.82, 2.24) is 0 Å². The van der Waals surface area contributed by atoms with Crippen LogP contribution >= 0.6 is 11.8 Å². The molecule has 1 N–H and O–H groups in total. The van der Waals surface area contributed by atoms with Gasteiger partial charge in [-0.05, 0) is 48.4 Å². The molecule has 0 saturated heterocycles. The first-order valence-electron chi connectivity index (χ1n) is 7.65. The SMILES string of the molecule is Cc1cc(C(F)(F)F)ccc1Oc1ccc2c(c1)SC1C(C(=O)O)C21. The van der Waals surface area contributed by atoms with Crippen molar-refractivity contribution < 1.29 is 27.8 Å². The van der Waals surface area contributed by atoms with E-state index in [9.17, 15) is 18.0 Å². The molecule has 0 aromatic heterocycles. The van der Waals surface area contributed by atoms with Crippen molar-refractivity contribution in [2.24, 2.45) is 5.92 Å². The Hall–Kier alpha value is -2.15. The Kier molecular flexibility index (Phi) is 3.54. The molecule has 2 aliphatic rings. The molecular weight excluding hydrogens is 353 g/mol. The normalized spacial score (nSPS) is 23.8. The number of ether oxygens (including phenoxy) is 1. The highest BCUT2D eigenvalue weighted by molar-refractivity contribution is 8.00. The number of benzene rings is 2. The van der Waals surface area contributed by atoms with E-state index < -0.39 is 17.7 Å². The summed E-state index contributed by atoms with van der Waals surface area (Å²) in [5, 5.41) is 9.21. The Bertz CT molecular complexity index is 878. The minimum atomic E-state index is -4.38. The lowest BCUT2D eigenvalue weighted by atomic mass is 10.1. The van der Waals surface area contributed by atoms with E-state index in [1.165, 1.54) is 17.8 Å². The van der Waals surface area contributed by atoms with E-state index in [0.29, 0.717) is 17.1 Å². The summed E-state index contributed by atoms with van der Waals surface area (Å²) < 4.78 is 43.9. The van der Waals surface area contributed by atoms with Crippen molar-refractivity contribution in [3.05, 3.63) is 53.1 Å². The molecule has 1 fully saturated rings. The average Bonchev–Trinajstić information content (AvgIpc) is 3.12. The van der Waals surface area contributed by atoms with Crippen LogP contribution in [0, 0.1) is 12.8 Å². The summed E-state index contributed by atoms with van der Waals surface area (Å²) in [6.45, 7) is 1.57. The van der Waals surface area contributed by atoms with Crippen molar-refractivity contribution in [1.29, 1.82) is 0 Å². The molecule has 4 rings (SSSR count). The maximum atomic E-state index is 12.7. The summed E-state index contributed by atoms with van der Waals surface area (Å²) in [7, 11) is 0. The third-order valence-electron chi connectivity index (χ3n) is 4.58. The summed E-state index contributed by atoms with van der Waals surface area (Å²) in [5.74, 6) is -0.138. The molecule has 3 nitrogen and oxygen atoms in total. The summed E-state index contributed by atoms with van der Waals surface area (Å²) in [5.41, 5.74) is 0.706. The van der Waals surface area contributed by atoms with E-state index in [0.717, 1.165) is 22.6 Å². The first kappa shape index (κ1) is 16.3. The average molecular weight is 366 g/mol. The largest absolute Gasteiger partial charge is 0.481 e. The number of thioether (sulfide) groups is 1. The zero-order valence-electron chi connectivity index (χ0n) is 13.0. The number of fused-ring (bicyclic) bond motifs is 3. The fraction of sp³-hybridized carbons (Fsp3) is 0.278. The minimum absolute atomic E-state index is 0.0550. The summed E-state index contributed by atoms with van der Waals surface area (Å²) in [4.78, 5) is 12.1. The third-order valence-corrected chi connectivity index (χ3v) is 6.04. The monoisotopic (exact) mass is 366 g/mol. The van der Waals surface area contributed by atoms with Gasteiger partial charge >= 0.3 is 12.1 Å². The molecule has 1 heterocycles. The molecule has 25 heavy (non-hydrogen) atoms. The molecular formula is C18H13F3O3S. The molecule has 3 unspecified atom stereocenters. The molecule has 2 aromatic rings. The maximum absolute atomic E-state index is 12.7. The number of alkyl halides is 3. The van der Waals surface area contributed by atoms with Gasteiger partial charge in [-0.1, -0.05) is 6.07 Å². The van der Waals surface area contributed by atoms with E-state index >= 15 is 0 Å². The number of aliphatic carboxylic acids is 1. The summed E-state index contributed by atoms with van der Waals surface area (Å²) >= 11 is 1.53. The standard InChI is InChI=1S/C18H13F3O3S/c1-8-6-9(18(19,20)21)2-5-12(8)24-10-3-4-11-13(7-10)25-16-14(11)15(16)17(22)23/h2-7,14-16H,1H3,(H,22,23). The van der Waals surface area contributed by atoms with Crippen LogP contribution in [0.3, 0.4) is 0 Å². The summed E-state index contributed by atoms with van der Waals surface area (Å²) in [6.07, 6.45) is -4.38. The van der Waals surface area contributed by atoms with Crippen LogP contribution in [0.1, 0.15) is 22.6 Å². The third kappa shape index (κ3) is 2.76. The lowest BCUT2D eigenvalue weighted by Crippen LogP contribution is -2.05. The predicted octanol–water partition coefficient (Wildman–Crippen LogP) is 5.08. The fourth-order valence-electron chi connectivity index (χ4n) is 3.26. The van der Waals surface area contributed by atoms with Crippen LogP contribution in [0.4, 0.5) is 13.2 Å². The fourth-order valence-corrected chi connectivity index (χ4v) is 4.89. The van der Waals surface area contributed by atoms with Gasteiger partial charge < -0.3 is 9.84 Å². The van der Waals surface area contributed by atoms with Gasteiger partial charge in [0.2, 0.25) is 0 Å². The second-order valence-electron chi connectivity index (χ2n) is 6.25. The van der Waals surface area contributed by atoms with Crippen molar-refractivity contribution in [2.45, 2.75) is 29.2 Å². The van der Waals surface area contributed by atoms with Crippen LogP contribution < -0.4 is 4.74 Å². The number of hydrogen-bond donors (Lipinski definition) is 1. The molecule has 7 heteroatoms. The molecule has 1 aliphatic heterocycles. The van der Waals surface area contributed by atoms with E-state index in [2.05, 4.69) is 0 Å². The van der Waals surface area contributed by atoms with Gasteiger partial charge in [-0.25, -0.2) is 0 Å². The Morgan fingerprint density at radius 2 is 1.96 bits per heavy atom. The van der Waals surface area contributed by atoms with Gasteiger partial charge in [-0.2, -0.15) is 13.2 Å². The quantitative estimate of drug-likeness (QED) is 0.823. The van der Waals surface area contributed by atoms with Crippen LogP contribution in [0.15, 0.2) is 41.3 Å². The molecule has 2 aromatic carbocycles. The highest BCUT2D eigenvalue weighted by Crippen LogP contribution is 2.65. The Morgan fingerprint density at radius 1 is 1.20 bits per heavy atom. The Balaban J connectivity index is 1.55. The number of aryl methyl sites for hydroxylation is 1. The Morgan fingerprint density at radius 3 is 2.60 bits per heavy atom. The molecule has 0 spiro atoms. The molecule has 3 atom stereocenters. The molecule has 0 amide bonds. The number of rotatable bonds is 3. The molecule has 1 aliphatic carbocycles. The molecule has 1 saturated carbocycles. The number of carbonyl (C=O) groups is 1. The van der Waals surface area contributed by atoms with E-state index in [-0.39, 0.29) is 17.1 Å². The van der Waals surface area contributed by atoms with E-state index in [4.69, 9.17) is 9.84 Å². The van der Waals surface area contributed by atoms with Crippen LogP contribution in [0.2, 0.25) is 0 Å². The lowest BCUT2D eigenvalue weighted by Gasteiger charge is -2.13. The number of carboxylic acids is 1. The number of carboxylic acid groups (broad SMARTS) is 1. The smallest absolute Gasteiger partial charge is 0.416 e.